The average molecular weight is 473 g/mol. The van der Waals surface area contributed by atoms with Crippen molar-refractivity contribution in [2.24, 2.45) is 5.92 Å². The van der Waals surface area contributed by atoms with E-state index >= 15 is 0 Å². The van der Waals surface area contributed by atoms with Crippen LogP contribution in [0.3, 0.4) is 0 Å². The van der Waals surface area contributed by atoms with E-state index in [1.54, 1.807) is 18.2 Å². The average Bonchev–Trinajstić information content (AvgIpc) is 3.34. The van der Waals surface area contributed by atoms with Gasteiger partial charge in [0.2, 0.25) is 5.91 Å². The molecule has 2 amide bonds. The Hall–Kier alpha value is -3.80. The molecule has 2 heterocycles. The molecule has 0 radical (unpaired) electrons. The minimum absolute atomic E-state index is 0.0826. The Morgan fingerprint density at radius 3 is 2.66 bits per heavy atom. The smallest absolute Gasteiger partial charge is 0.287 e. The predicted molar refractivity (Wildman–Crippen MR) is 135 cm³/mol. The molecular weight excluding hydrogens is 440 g/mol. The molecule has 1 aliphatic rings. The Kier molecular flexibility index (Phi) is 7.39. The van der Waals surface area contributed by atoms with Crippen molar-refractivity contribution in [3.8, 4) is 5.75 Å². The number of benzene rings is 2. The van der Waals surface area contributed by atoms with Crippen LogP contribution in [0.25, 0.3) is 0 Å². The van der Waals surface area contributed by atoms with Gasteiger partial charge in [0.25, 0.3) is 5.91 Å². The van der Waals surface area contributed by atoms with Crippen LogP contribution in [0.4, 0.5) is 0 Å². The van der Waals surface area contributed by atoms with E-state index in [2.05, 4.69) is 49.2 Å². The molecule has 6 nitrogen and oxygen atoms in total. The zero-order chi connectivity index (χ0) is 24.9. The summed E-state index contributed by atoms with van der Waals surface area (Å²) in [7, 11) is 0. The van der Waals surface area contributed by atoms with Crippen LogP contribution in [0.5, 0.6) is 5.75 Å². The van der Waals surface area contributed by atoms with Crippen LogP contribution >= 0.6 is 0 Å². The summed E-state index contributed by atoms with van der Waals surface area (Å²) in [5.41, 5.74) is 4.56. The number of nitrogens with zero attached hydrogens (tertiary/aromatic N) is 1. The number of carbonyl (C=O) groups excluding carboxylic acids is 2. The topological polar surface area (TPSA) is 71.8 Å². The second kappa shape index (κ2) is 10.6. The number of hydrogen-bond acceptors (Lipinski definition) is 4. The number of fused-ring (bicyclic) bond motifs is 1. The van der Waals surface area contributed by atoms with Crippen molar-refractivity contribution >= 4 is 11.8 Å². The first-order valence-electron chi connectivity index (χ1n) is 12.0. The number of nitrogens with one attached hydrogen (secondary N) is 1. The van der Waals surface area contributed by atoms with Gasteiger partial charge >= 0.3 is 0 Å². The molecule has 2 aromatic carbocycles. The number of hydrogen-bond donors (Lipinski definition) is 1. The third kappa shape index (κ3) is 5.48. The minimum atomic E-state index is -0.291. The molecule has 1 atom stereocenters. The zero-order valence-corrected chi connectivity index (χ0v) is 20.5. The molecule has 0 saturated heterocycles. The fraction of sp³-hybridized carbons (Fsp3) is 0.310. The Bertz CT molecular complexity index is 1210. The molecule has 1 N–H and O–H groups in total. The van der Waals surface area contributed by atoms with E-state index in [1.165, 1.54) is 11.1 Å². The quantitative estimate of drug-likeness (QED) is 0.457. The van der Waals surface area contributed by atoms with E-state index < -0.39 is 0 Å². The summed E-state index contributed by atoms with van der Waals surface area (Å²) < 4.78 is 11.7. The highest BCUT2D eigenvalue weighted by Crippen LogP contribution is 2.38. The molecule has 1 aliphatic heterocycles. The third-order valence-corrected chi connectivity index (χ3v) is 6.19. The number of amides is 2. The molecule has 0 bridgehead atoms. The molecule has 182 valence electrons. The van der Waals surface area contributed by atoms with Gasteiger partial charge in [-0.05, 0) is 54.3 Å². The van der Waals surface area contributed by atoms with E-state index in [4.69, 9.17) is 9.15 Å². The molecule has 0 saturated carbocycles. The summed E-state index contributed by atoms with van der Waals surface area (Å²) in [6.45, 7) is 10.8. The minimum Gasteiger partial charge on any atom is -0.486 e. The highest BCUT2D eigenvalue weighted by molar-refractivity contribution is 5.91. The van der Waals surface area contributed by atoms with Crippen molar-refractivity contribution in [3.05, 3.63) is 101 Å². The van der Waals surface area contributed by atoms with E-state index in [-0.39, 0.29) is 36.1 Å². The van der Waals surface area contributed by atoms with Crippen LogP contribution in [-0.2, 0) is 17.8 Å². The highest BCUT2D eigenvalue weighted by atomic mass is 16.5. The van der Waals surface area contributed by atoms with Gasteiger partial charge < -0.3 is 19.4 Å². The van der Waals surface area contributed by atoms with Crippen molar-refractivity contribution < 1.29 is 18.7 Å². The number of rotatable bonds is 8. The normalized spacial score (nSPS) is 15.0. The van der Waals surface area contributed by atoms with Gasteiger partial charge in [-0.25, -0.2) is 0 Å². The van der Waals surface area contributed by atoms with Crippen molar-refractivity contribution in [2.45, 2.75) is 39.8 Å². The molecule has 0 spiro atoms. The second-order valence-corrected chi connectivity index (χ2v) is 9.16. The molecular formula is C29H32N2O4. The van der Waals surface area contributed by atoms with Crippen LogP contribution in [0, 0.1) is 12.8 Å². The zero-order valence-electron chi connectivity index (χ0n) is 20.5. The molecule has 0 fully saturated rings. The van der Waals surface area contributed by atoms with Gasteiger partial charge in [0.15, 0.2) is 5.76 Å². The Morgan fingerprint density at radius 1 is 1.17 bits per heavy atom. The fourth-order valence-electron chi connectivity index (χ4n) is 4.34. The lowest BCUT2D eigenvalue weighted by atomic mass is 9.87. The maximum atomic E-state index is 13.1. The lowest BCUT2D eigenvalue weighted by molar-refractivity contribution is -0.136. The molecule has 1 aromatic heterocycles. The van der Waals surface area contributed by atoms with Crippen LogP contribution in [-0.4, -0.2) is 29.8 Å². The van der Waals surface area contributed by atoms with Crippen LogP contribution in [0.2, 0.25) is 0 Å². The third-order valence-electron chi connectivity index (χ3n) is 6.19. The first kappa shape index (κ1) is 24.3. The van der Waals surface area contributed by atoms with E-state index in [9.17, 15) is 9.59 Å². The lowest BCUT2D eigenvalue weighted by Gasteiger charge is -2.39. The molecule has 0 aliphatic carbocycles. The van der Waals surface area contributed by atoms with Gasteiger partial charge in [-0.2, -0.15) is 0 Å². The van der Waals surface area contributed by atoms with Crippen molar-refractivity contribution in [1.29, 1.82) is 0 Å². The summed E-state index contributed by atoms with van der Waals surface area (Å²) in [4.78, 5) is 27.2. The van der Waals surface area contributed by atoms with Gasteiger partial charge in [0.05, 0.1) is 6.04 Å². The summed E-state index contributed by atoms with van der Waals surface area (Å²) in [6.07, 6.45) is 2.42. The molecule has 4 rings (SSSR count). The number of furan rings is 1. The van der Waals surface area contributed by atoms with Gasteiger partial charge in [0.1, 0.15) is 18.1 Å². The maximum absolute atomic E-state index is 13.1. The summed E-state index contributed by atoms with van der Waals surface area (Å²) >= 11 is 0. The second-order valence-electron chi connectivity index (χ2n) is 9.16. The number of carbonyl (C=O) groups is 2. The van der Waals surface area contributed by atoms with Gasteiger partial charge in [-0.3, -0.25) is 9.59 Å². The predicted octanol–water partition coefficient (Wildman–Crippen LogP) is 5.21. The van der Waals surface area contributed by atoms with E-state index in [0.29, 0.717) is 24.6 Å². The largest absolute Gasteiger partial charge is 0.486 e. The van der Waals surface area contributed by atoms with Crippen molar-refractivity contribution in [2.75, 3.05) is 13.1 Å². The Morgan fingerprint density at radius 2 is 1.94 bits per heavy atom. The van der Waals surface area contributed by atoms with E-state index in [0.717, 1.165) is 17.5 Å². The summed E-state index contributed by atoms with van der Waals surface area (Å²) in [6, 6.07) is 17.6. The SMILES string of the molecule is C=CCNC(=O)c1ccc(COc2ccc3c(c2)[C@@H](c2ccc(C)cc2)N(C(=O)C(C)C)CC3)o1. The van der Waals surface area contributed by atoms with Crippen molar-refractivity contribution in [1.82, 2.24) is 10.2 Å². The van der Waals surface area contributed by atoms with Crippen molar-refractivity contribution in [3.63, 3.8) is 0 Å². The fourth-order valence-corrected chi connectivity index (χ4v) is 4.34. The lowest BCUT2D eigenvalue weighted by Crippen LogP contribution is -2.42. The van der Waals surface area contributed by atoms with Gasteiger partial charge in [0, 0.05) is 19.0 Å². The van der Waals surface area contributed by atoms with Crippen LogP contribution in [0.15, 0.2) is 71.7 Å². The van der Waals surface area contributed by atoms with E-state index in [1.807, 2.05) is 30.9 Å². The molecule has 0 unspecified atom stereocenters. The maximum Gasteiger partial charge on any atom is 0.287 e. The first-order chi connectivity index (χ1) is 16.9. The first-order valence-corrected chi connectivity index (χ1v) is 12.0. The monoisotopic (exact) mass is 472 g/mol. The Labute approximate surface area is 206 Å². The molecule has 3 aromatic rings. The summed E-state index contributed by atoms with van der Waals surface area (Å²) in [5.74, 6) is 1.25. The summed E-state index contributed by atoms with van der Waals surface area (Å²) in [5, 5.41) is 2.69. The standard InChI is InChI=1S/C29H32N2O4/c1-5-15-30-28(32)26-13-12-24(35-26)18-34-23-11-10-21-14-16-31(29(33)19(2)3)27(25(21)17-23)22-8-6-20(4)7-9-22/h5-13,17,19,27H,1,14-16,18H2,2-4H3,(H,30,32)/t27-/m1/s1. The molecule has 6 heteroatoms. The van der Waals surface area contributed by atoms with Crippen LogP contribution < -0.4 is 10.1 Å². The molecule has 35 heavy (non-hydrogen) atoms. The van der Waals surface area contributed by atoms with Crippen LogP contribution in [0.1, 0.15) is 58.5 Å². The Balaban J connectivity index is 1.58. The number of ether oxygens (including phenoxy) is 1. The number of aryl methyl sites for hydroxylation is 1. The van der Waals surface area contributed by atoms with Gasteiger partial charge in [-0.15, -0.1) is 6.58 Å². The highest BCUT2D eigenvalue weighted by Gasteiger charge is 2.33. The van der Waals surface area contributed by atoms with Gasteiger partial charge in [-0.1, -0.05) is 55.8 Å².